The lowest BCUT2D eigenvalue weighted by molar-refractivity contribution is 0.0738. The number of thiophene rings is 1. The van der Waals surface area contributed by atoms with Gasteiger partial charge in [-0.3, -0.25) is 4.79 Å². The van der Waals surface area contributed by atoms with Crippen molar-refractivity contribution in [2.75, 3.05) is 6.54 Å². The number of carbonyl (C=O) groups is 1. The highest BCUT2D eigenvalue weighted by atomic mass is 32.1. The van der Waals surface area contributed by atoms with E-state index in [1.807, 2.05) is 47.4 Å². The Morgan fingerprint density at radius 3 is 2.38 bits per heavy atom. The van der Waals surface area contributed by atoms with Gasteiger partial charge < -0.3 is 4.90 Å². The molecule has 0 aliphatic carbocycles. The zero-order valence-corrected chi connectivity index (χ0v) is 14.2. The van der Waals surface area contributed by atoms with Gasteiger partial charge in [0.2, 0.25) is 0 Å². The average Bonchev–Trinajstić information content (AvgIpc) is 3.33. The summed E-state index contributed by atoms with van der Waals surface area (Å²) < 4.78 is 0. The highest BCUT2D eigenvalue weighted by Crippen LogP contribution is 2.35. The molecule has 1 aliphatic heterocycles. The van der Waals surface area contributed by atoms with Gasteiger partial charge in [0.1, 0.15) is 0 Å². The van der Waals surface area contributed by atoms with Crippen molar-refractivity contribution in [3.63, 3.8) is 0 Å². The monoisotopic (exact) mass is 333 g/mol. The Morgan fingerprint density at radius 2 is 1.67 bits per heavy atom. The van der Waals surface area contributed by atoms with Gasteiger partial charge in [-0.05, 0) is 47.5 Å². The fraction of sp³-hybridized carbons (Fsp3) is 0.190. The molecule has 120 valence electrons. The van der Waals surface area contributed by atoms with Crippen molar-refractivity contribution in [2.45, 2.75) is 18.9 Å². The molecule has 0 spiro atoms. The van der Waals surface area contributed by atoms with Gasteiger partial charge in [0.05, 0.1) is 6.04 Å². The molecular formula is C21H19NOS. The SMILES string of the molecule is O=C(c1ccc(-c2ccccc2)cc1)N1CCC[C@H]1c1cccs1. The number of likely N-dealkylation sites (tertiary alicyclic amines) is 1. The van der Waals surface area contributed by atoms with Crippen LogP contribution < -0.4 is 0 Å². The van der Waals surface area contributed by atoms with Crippen LogP contribution in [0.5, 0.6) is 0 Å². The number of rotatable bonds is 3. The summed E-state index contributed by atoms with van der Waals surface area (Å²) in [5, 5.41) is 2.09. The van der Waals surface area contributed by atoms with Gasteiger partial charge in [-0.15, -0.1) is 11.3 Å². The molecule has 1 aromatic heterocycles. The van der Waals surface area contributed by atoms with E-state index in [1.165, 1.54) is 10.4 Å². The van der Waals surface area contributed by atoms with Gasteiger partial charge in [0.15, 0.2) is 0 Å². The van der Waals surface area contributed by atoms with Crippen molar-refractivity contribution in [3.05, 3.63) is 82.6 Å². The highest BCUT2D eigenvalue weighted by molar-refractivity contribution is 7.10. The van der Waals surface area contributed by atoms with Crippen LogP contribution in [-0.2, 0) is 0 Å². The molecule has 2 aromatic carbocycles. The predicted molar refractivity (Wildman–Crippen MR) is 99.2 cm³/mol. The van der Waals surface area contributed by atoms with E-state index < -0.39 is 0 Å². The van der Waals surface area contributed by atoms with E-state index in [2.05, 4.69) is 29.6 Å². The molecule has 0 radical (unpaired) electrons. The molecule has 1 atom stereocenters. The Morgan fingerprint density at radius 1 is 0.917 bits per heavy atom. The van der Waals surface area contributed by atoms with Gasteiger partial charge >= 0.3 is 0 Å². The van der Waals surface area contributed by atoms with Crippen molar-refractivity contribution in [1.29, 1.82) is 0 Å². The lowest BCUT2D eigenvalue weighted by atomic mass is 10.0. The summed E-state index contributed by atoms with van der Waals surface area (Å²) >= 11 is 1.74. The molecule has 1 fully saturated rings. The van der Waals surface area contributed by atoms with Crippen LogP contribution in [-0.4, -0.2) is 17.4 Å². The fourth-order valence-corrected chi connectivity index (χ4v) is 4.26. The molecule has 1 saturated heterocycles. The second-order valence-corrected chi connectivity index (χ2v) is 7.09. The first-order valence-electron chi connectivity index (χ1n) is 8.33. The lowest BCUT2D eigenvalue weighted by Gasteiger charge is -2.24. The van der Waals surface area contributed by atoms with Crippen molar-refractivity contribution >= 4 is 17.2 Å². The summed E-state index contributed by atoms with van der Waals surface area (Å²) in [5.41, 5.74) is 3.09. The van der Waals surface area contributed by atoms with E-state index in [0.29, 0.717) is 0 Å². The Kier molecular flexibility index (Phi) is 4.18. The summed E-state index contributed by atoms with van der Waals surface area (Å²) in [6, 6.07) is 22.7. The van der Waals surface area contributed by atoms with E-state index in [4.69, 9.17) is 0 Å². The summed E-state index contributed by atoms with van der Waals surface area (Å²) in [4.78, 5) is 16.3. The first kappa shape index (κ1) is 15.2. The molecule has 2 heterocycles. The van der Waals surface area contributed by atoms with Crippen LogP contribution in [0.1, 0.15) is 34.1 Å². The molecule has 0 N–H and O–H groups in total. The Hall–Kier alpha value is -2.39. The maximum Gasteiger partial charge on any atom is 0.254 e. The minimum Gasteiger partial charge on any atom is -0.331 e. The topological polar surface area (TPSA) is 20.3 Å². The van der Waals surface area contributed by atoms with Crippen LogP contribution >= 0.6 is 11.3 Å². The highest BCUT2D eigenvalue weighted by Gasteiger charge is 2.31. The number of hydrogen-bond acceptors (Lipinski definition) is 2. The Labute approximate surface area is 146 Å². The lowest BCUT2D eigenvalue weighted by Crippen LogP contribution is -2.30. The second kappa shape index (κ2) is 6.62. The van der Waals surface area contributed by atoms with Crippen molar-refractivity contribution in [3.8, 4) is 11.1 Å². The molecule has 3 aromatic rings. The number of nitrogens with zero attached hydrogens (tertiary/aromatic N) is 1. The predicted octanol–water partition coefficient (Wildman–Crippen LogP) is 5.39. The second-order valence-electron chi connectivity index (χ2n) is 6.12. The molecule has 0 unspecified atom stereocenters. The molecule has 2 nitrogen and oxygen atoms in total. The molecule has 1 amide bonds. The van der Waals surface area contributed by atoms with Crippen LogP contribution in [0, 0.1) is 0 Å². The third-order valence-corrected chi connectivity index (χ3v) is 5.60. The molecular weight excluding hydrogens is 314 g/mol. The minimum absolute atomic E-state index is 0.144. The van der Waals surface area contributed by atoms with E-state index in [-0.39, 0.29) is 11.9 Å². The maximum atomic E-state index is 12.9. The number of hydrogen-bond donors (Lipinski definition) is 0. The standard InChI is InChI=1S/C21H19NOS/c23-21(22-14-4-8-19(22)20-9-5-15-24-20)18-12-10-17(11-13-18)16-6-2-1-3-7-16/h1-3,5-7,9-13,15,19H,4,8,14H2/t19-/m0/s1. The molecule has 1 aliphatic rings. The van der Waals surface area contributed by atoms with Crippen molar-refractivity contribution in [2.24, 2.45) is 0 Å². The van der Waals surface area contributed by atoms with Crippen LogP contribution in [0.3, 0.4) is 0 Å². The van der Waals surface area contributed by atoms with Gasteiger partial charge in [0, 0.05) is 17.0 Å². The van der Waals surface area contributed by atoms with Gasteiger partial charge in [-0.2, -0.15) is 0 Å². The van der Waals surface area contributed by atoms with E-state index in [0.717, 1.165) is 30.5 Å². The van der Waals surface area contributed by atoms with E-state index >= 15 is 0 Å². The van der Waals surface area contributed by atoms with Crippen LogP contribution in [0.15, 0.2) is 72.1 Å². The quantitative estimate of drug-likeness (QED) is 0.629. The third-order valence-electron chi connectivity index (χ3n) is 4.62. The Bertz CT molecular complexity index is 809. The summed E-state index contributed by atoms with van der Waals surface area (Å²) in [6.07, 6.45) is 2.14. The molecule has 24 heavy (non-hydrogen) atoms. The first-order valence-corrected chi connectivity index (χ1v) is 9.21. The minimum atomic E-state index is 0.144. The largest absolute Gasteiger partial charge is 0.331 e. The average molecular weight is 333 g/mol. The van der Waals surface area contributed by atoms with Crippen molar-refractivity contribution in [1.82, 2.24) is 4.90 Å². The maximum absolute atomic E-state index is 12.9. The fourth-order valence-electron chi connectivity index (χ4n) is 3.39. The van der Waals surface area contributed by atoms with E-state index in [1.54, 1.807) is 11.3 Å². The normalized spacial score (nSPS) is 17.2. The van der Waals surface area contributed by atoms with E-state index in [9.17, 15) is 4.79 Å². The molecule has 3 heteroatoms. The number of benzene rings is 2. The van der Waals surface area contributed by atoms with Crippen LogP contribution in [0.2, 0.25) is 0 Å². The molecule has 0 saturated carbocycles. The molecule has 4 rings (SSSR count). The number of carbonyl (C=O) groups excluding carboxylic acids is 1. The number of amides is 1. The zero-order valence-electron chi connectivity index (χ0n) is 13.4. The van der Waals surface area contributed by atoms with Gasteiger partial charge in [-0.1, -0.05) is 48.5 Å². The smallest absolute Gasteiger partial charge is 0.254 e. The summed E-state index contributed by atoms with van der Waals surface area (Å²) in [5.74, 6) is 0.144. The summed E-state index contributed by atoms with van der Waals surface area (Å²) in [7, 11) is 0. The third kappa shape index (κ3) is 2.87. The van der Waals surface area contributed by atoms with Crippen LogP contribution in [0.4, 0.5) is 0 Å². The van der Waals surface area contributed by atoms with Crippen molar-refractivity contribution < 1.29 is 4.79 Å². The van der Waals surface area contributed by atoms with Gasteiger partial charge in [-0.25, -0.2) is 0 Å². The molecule has 0 bridgehead atoms. The summed E-state index contributed by atoms with van der Waals surface area (Å²) in [6.45, 7) is 0.849. The zero-order chi connectivity index (χ0) is 16.4. The first-order chi connectivity index (χ1) is 11.8. The Balaban J connectivity index is 1.56. The van der Waals surface area contributed by atoms with Gasteiger partial charge in [0.25, 0.3) is 5.91 Å². The van der Waals surface area contributed by atoms with Crippen LogP contribution in [0.25, 0.3) is 11.1 Å².